The molecule has 1 aliphatic heterocycles. The molecule has 2 fully saturated rings. The van der Waals surface area contributed by atoms with Crippen LogP contribution in [-0.2, 0) is 16.0 Å². The summed E-state index contributed by atoms with van der Waals surface area (Å²) in [5.41, 5.74) is 2.74. The summed E-state index contributed by atoms with van der Waals surface area (Å²) < 4.78 is 13.8. The summed E-state index contributed by atoms with van der Waals surface area (Å²) in [5.74, 6) is -0.166. The van der Waals surface area contributed by atoms with Crippen LogP contribution in [0.4, 0.5) is 4.39 Å². The monoisotopic (exact) mass is 394 g/mol. The summed E-state index contributed by atoms with van der Waals surface area (Å²) in [5, 5.41) is 0. The topological polar surface area (TPSA) is 40.6 Å². The van der Waals surface area contributed by atoms with Crippen molar-refractivity contribution in [3.8, 4) is 11.1 Å². The number of carbonyl (C=O) groups is 2. The summed E-state index contributed by atoms with van der Waals surface area (Å²) >= 11 is 0. The van der Waals surface area contributed by atoms with E-state index in [2.05, 4.69) is 0 Å². The second kappa shape index (κ2) is 8.36. The first-order valence-corrected chi connectivity index (χ1v) is 10.4. The van der Waals surface area contributed by atoms with Crippen molar-refractivity contribution in [1.29, 1.82) is 0 Å². The van der Waals surface area contributed by atoms with Gasteiger partial charge in [0.2, 0.25) is 11.8 Å². The number of carbonyl (C=O) groups excluding carboxylic acids is 2. The average molecular weight is 394 g/mol. The fourth-order valence-corrected chi connectivity index (χ4v) is 4.29. The van der Waals surface area contributed by atoms with Gasteiger partial charge in [0.05, 0.1) is 5.92 Å². The third-order valence-corrected chi connectivity index (χ3v) is 6.26. The first kappa shape index (κ1) is 19.6. The normalized spacial score (nSPS) is 20.3. The van der Waals surface area contributed by atoms with Crippen LogP contribution < -0.4 is 0 Å². The van der Waals surface area contributed by atoms with Crippen LogP contribution in [-0.4, -0.2) is 48.3 Å². The van der Waals surface area contributed by atoms with Gasteiger partial charge in [-0.25, -0.2) is 4.39 Å². The second-order valence-electron chi connectivity index (χ2n) is 8.24. The van der Waals surface area contributed by atoms with Crippen molar-refractivity contribution in [2.24, 2.45) is 11.8 Å². The molecule has 2 aromatic carbocycles. The molecule has 5 heteroatoms. The van der Waals surface area contributed by atoms with Gasteiger partial charge in [-0.3, -0.25) is 9.59 Å². The number of halogens is 1. The van der Waals surface area contributed by atoms with E-state index < -0.39 is 0 Å². The summed E-state index contributed by atoms with van der Waals surface area (Å²) in [6.07, 6.45) is 3.58. The quantitative estimate of drug-likeness (QED) is 0.792. The van der Waals surface area contributed by atoms with Gasteiger partial charge in [-0.2, -0.15) is 0 Å². The second-order valence-corrected chi connectivity index (χ2v) is 8.24. The lowest BCUT2D eigenvalue weighted by Crippen LogP contribution is -2.42. The number of rotatable bonds is 4. The van der Waals surface area contributed by atoms with Crippen molar-refractivity contribution < 1.29 is 14.0 Å². The van der Waals surface area contributed by atoms with Crippen LogP contribution in [0.2, 0.25) is 0 Å². The maximum absolute atomic E-state index is 13.8. The van der Waals surface area contributed by atoms with E-state index in [1.54, 1.807) is 11.0 Å². The summed E-state index contributed by atoms with van der Waals surface area (Å²) in [7, 11) is 1.81. The molecule has 1 saturated heterocycles. The van der Waals surface area contributed by atoms with Gasteiger partial charge in [-0.05, 0) is 48.1 Å². The van der Waals surface area contributed by atoms with E-state index in [9.17, 15) is 14.0 Å². The molecule has 2 amide bonds. The largest absolute Gasteiger partial charge is 0.344 e. The van der Waals surface area contributed by atoms with Gasteiger partial charge < -0.3 is 9.80 Å². The van der Waals surface area contributed by atoms with Gasteiger partial charge >= 0.3 is 0 Å². The van der Waals surface area contributed by atoms with Crippen LogP contribution in [0.3, 0.4) is 0 Å². The van der Waals surface area contributed by atoms with E-state index in [0.717, 1.165) is 36.0 Å². The molecule has 1 aliphatic carbocycles. The summed E-state index contributed by atoms with van der Waals surface area (Å²) in [6.45, 7) is 1.62. The van der Waals surface area contributed by atoms with Crippen LogP contribution in [0.5, 0.6) is 0 Å². The lowest BCUT2D eigenvalue weighted by atomic mass is 9.84. The lowest BCUT2D eigenvalue weighted by Gasteiger charge is -2.32. The van der Waals surface area contributed by atoms with Gasteiger partial charge in [0.25, 0.3) is 0 Å². The van der Waals surface area contributed by atoms with E-state index >= 15 is 0 Å². The highest BCUT2D eigenvalue weighted by Gasteiger charge is 2.35. The molecule has 4 rings (SSSR count). The van der Waals surface area contributed by atoms with Gasteiger partial charge in [-0.15, -0.1) is 0 Å². The molecule has 0 aromatic heterocycles. The Kier molecular flexibility index (Phi) is 5.65. The number of benzene rings is 2. The Labute approximate surface area is 171 Å². The Bertz CT molecular complexity index is 909. The molecule has 1 unspecified atom stereocenters. The Morgan fingerprint density at radius 3 is 2.62 bits per heavy atom. The zero-order valence-corrected chi connectivity index (χ0v) is 16.8. The molecule has 0 N–H and O–H groups in total. The van der Waals surface area contributed by atoms with E-state index in [-0.39, 0.29) is 29.5 Å². The minimum atomic E-state index is -0.291. The smallest absolute Gasteiger partial charge is 0.227 e. The van der Waals surface area contributed by atoms with Crippen LogP contribution in [0, 0.1) is 17.7 Å². The highest BCUT2D eigenvalue weighted by atomic mass is 19.1. The van der Waals surface area contributed by atoms with Crippen molar-refractivity contribution in [3.05, 3.63) is 59.9 Å². The van der Waals surface area contributed by atoms with Crippen molar-refractivity contribution in [3.63, 3.8) is 0 Å². The first-order chi connectivity index (χ1) is 14.0. The van der Waals surface area contributed by atoms with Gasteiger partial charge in [-0.1, -0.05) is 42.8 Å². The zero-order valence-electron chi connectivity index (χ0n) is 16.8. The van der Waals surface area contributed by atoms with E-state index in [4.69, 9.17) is 0 Å². The standard InChI is InChI=1S/C24H27FN2O2/c1-26-12-13-27(24(29)17-7-4-8-17)16-20(23(26)28)14-18-6-2-3-11-22(18)19-9-5-10-21(25)15-19/h2-3,5-6,9-11,15,17,20H,4,7-8,12-14,16H2,1H3. The molecule has 2 aromatic rings. The Morgan fingerprint density at radius 2 is 1.90 bits per heavy atom. The summed E-state index contributed by atoms with van der Waals surface area (Å²) in [6, 6.07) is 14.4. The molecule has 1 saturated carbocycles. The molecule has 1 heterocycles. The molecule has 152 valence electrons. The van der Waals surface area contributed by atoms with E-state index in [1.807, 2.05) is 42.3 Å². The maximum atomic E-state index is 13.8. The Morgan fingerprint density at radius 1 is 1.10 bits per heavy atom. The van der Waals surface area contributed by atoms with Crippen LogP contribution in [0.1, 0.15) is 24.8 Å². The van der Waals surface area contributed by atoms with Gasteiger partial charge in [0.15, 0.2) is 0 Å². The fourth-order valence-electron chi connectivity index (χ4n) is 4.29. The van der Waals surface area contributed by atoms with Crippen molar-refractivity contribution in [2.45, 2.75) is 25.7 Å². The Hall–Kier alpha value is -2.69. The van der Waals surface area contributed by atoms with Crippen molar-refractivity contribution in [1.82, 2.24) is 9.80 Å². The Balaban J connectivity index is 1.60. The number of likely N-dealkylation sites (N-methyl/N-ethyl adjacent to an activating group) is 1. The summed E-state index contributed by atoms with van der Waals surface area (Å²) in [4.78, 5) is 29.5. The molecular weight excluding hydrogens is 367 g/mol. The SMILES string of the molecule is CN1CCN(C(=O)C2CCC2)CC(Cc2ccccc2-c2cccc(F)c2)C1=O. The third-order valence-electron chi connectivity index (χ3n) is 6.26. The zero-order chi connectivity index (χ0) is 20.4. The van der Waals surface area contributed by atoms with E-state index in [1.165, 1.54) is 12.1 Å². The molecule has 0 spiro atoms. The molecule has 1 atom stereocenters. The molecule has 4 nitrogen and oxygen atoms in total. The lowest BCUT2D eigenvalue weighted by molar-refractivity contribution is -0.138. The van der Waals surface area contributed by atoms with Crippen molar-refractivity contribution in [2.75, 3.05) is 26.7 Å². The molecule has 29 heavy (non-hydrogen) atoms. The average Bonchev–Trinajstić information content (AvgIpc) is 2.81. The molecule has 2 aliphatic rings. The highest BCUT2D eigenvalue weighted by Crippen LogP contribution is 2.31. The molecule has 0 bridgehead atoms. The minimum absolute atomic E-state index is 0.0722. The maximum Gasteiger partial charge on any atom is 0.227 e. The van der Waals surface area contributed by atoms with Crippen LogP contribution in [0.25, 0.3) is 11.1 Å². The highest BCUT2D eigenvalue weighted by molar-refractivity contribution is 5.83. The third kappa shape index (κ3) is 4.19. The molecular formula is C24H27FN2O2. The van der Waals surface area contributed by atoms with Gasteiger partial charge in [0, 0.05) is 32.6 Å². The molecule has 0 radical (unpaired) electrons. The van der Waals surface area contributed by atoms with E-state index in [0.29, 0.717) is 26.1 Å². The predicted octanol–water partition coefficient (Wildman–Crippen LogP) is 3.75. The van der Waals surface area contributed by atoms with Crippen LogP contribution >= 0.6 is 0 Å². The van der Waals surface area contributed by atoms with Crippen molar-refractivity contribution >= 4 is 11.8 Å². The predicted molar refractivity (Wildman–Crippen MR) is 111 cm³/mol. The minimum Gasteiger partial charge on any atom is -0.344 e. The number of hydrogen-bond acceptors (Lipinski definition) is 2. The first-order valence-electron chi connectivity index (χ1n) is 10.4. The number of hydrogen-bond donors (Lipinski definition) is 0. The number of amides is 2. The van der Waals surface area contributed by atoms with Gasteiger partial charge in [0.1, 0.15) is 5.82 Å². The van der Waals surface area contributed by atoms with Crippen LogP contribution in [0.15, 0.2) is 48.5 Å². The fraction of sp³-hybridized carbons (Fsp3) is 0.417. The number of nitrogens with zero attached hydrogens (tertiary/aromatic N) is 2.